The second-order valence-electron chi connectivity index (χ2n) is 6.83. The Labute approximate surface area is 147 Å². The van der Waals surface area contributed by atoms with E-state index in [4.69, 9.17) is 9.84 Å². The topological polar surface area (TPSA) is 46.5 Å². The number of unbranched alkanes of at least 4 members (excludes halogenated alkanes) is 6. The van der Waals surface area contributed by atoms with Gasteiger partial charge in [0.1, 0.15) is 5.75 Å². The fraction of sp³-hybridized carbons (Fsp3) is 0.667. The Hall–Kier alpha value is -1.51. The Morgan fingerprint density at radius 2 is 1.75 bits per heavy atom. The molecule has 3 nitrogen and oxygen atoms in total. The minimum absolute atomic E-state index is 0.309. The number of carboxylic acid groups (broad SMARTS) is 1. The van der Waals surface area contributed by atoms with E-state index in [0.29, 0.717) is 6.42 Å². The third-order valence-electron chi connectivity index (χ3n) is 4.48. The summed E-state index contributed by atoms with van der Waals surface area (Å²) in [5, 5.41) is 8.57. The van der Waals surface area contributed by atoms with E-state index in [9.17, 15) is 4.79 Å². The molecule has 0 aliphatic rings. The van der Waals surface area contributed by atoms with Gasteiger partial charge >= 0.3 is 5.97 Å². The monoisotopic (exact) mass is 334 g/mol. The van der Waals surface area contributed by atoms with Crippen molar-refractivity contribution in [1.82, 2.24) is 0 Å². The van der Waals surface area contributed by atoms with Crippen LogP contribution in [0.1, 0.15) is 77.2 Å². The molecule has 0 saturated heterocycles. The number of ether oxygens (including phenoxy) is 1. The zero-order valence-corrected chi connectivity index (χ0v) is 15.4. The highest BCUT2D eigenvalue weighted by Gasteiger charge is 2.03. The molecular formula is C21H34O3. The second-order valence-corrected chi connectivity index (χ2v) is 6.83. The van der Waals surface area contributed by atoms with Gasteiger partial charge in [-0.3, -0.25) is 4.79 Å². The lowest BCUT2D eigenvalue weighted by molar-refractivity contribution is -0.137. The SMILES string of the molecule is CC[C@H](C)Cc1cccc(OCCCCCCCCCC(=O)O)c1. The molecular weight excluding hydrogens is 300 g/mol. The summed E-state index contributed by atoms with van der Waals surface area (Å²) < 4.78 is 5.87. The van der Waals surface area contributed by atoms with Gasteiger partial charge in [-0.05, 0) is 42.9 Å². The fourth-order valence-electron chi connectivity index (χ4n) is 2.76. The third kappa shape index (κ3) is 10.3. The molecule has 1 N–H and O–H groups in total. The van der Waals surface area contributed by atoms with Gasteiger partial charge in [-0.2, -0.15) is 0 Å². The van der Waals surface area contributed by atoms with Crippen LogP contribution in [0.25, 0.3) is 0 Å². The largest absolute Gasteiger partial charge is 0.494 e. The lowest BCUT2D eigenvalue weighted by Crippen LogP contribution is -2.00. The van der Waals surface area contributed by atoms with E-state index < -0.39 is 5.97 Å². The maximum atomic E-state index is 10.4. The van der Waals surface area contributed by atoms with Gasteiger partial charge in [0.25, 0.3) is 0 Å². The van der Waals surface area contributed by atoms with Crippen molar-refractivity contribution in [3.8, 4) is 5.75 Å². The van der Waals surface area contributed by atoms with Crippen LogP contribution in [0.3, 0.4) is 0 Å². The van der Waals surface area contributed by atoms with Crippen LogP contribution >= 0.6 is 0 Å². The van der Waals surface area contributed by atoms with Crippen molar-refractivity contribution >= 4 is 5.97 Å². The van der Waals surface area contributed by atoms with Crippen molar-refractivity contribution in [2.24, 2.45) is 5.92 Å². The summed E-state index contributed by atoms with van der Waals surface area (Å²) in [4.78, 5) is 10.4. The Balaban J connectivity index is 2.05. The van der Waals surface area contributed by atoms with Crippen LogP contribution in [0.4, 0.5) is 0 Å². The molecule has 1 atom stereocenters. The second kappa shape index (κ2) is 12.9. The molecule has 0 heterocycles. The summed E-state index contributed by atoms with van der Waals surface area (Å²) in [7, 11) is 0. The molecule has 1 rings (SSSR count). The van der Waals surface area contributed by atoms with Gasteiger partial charge in [-0.15, -0.1) is 0 Å². The van der Waals surface area contributed by atoms with E-state index in [0.717, 1.165) is 50.4 Å². The summed E-state index contributed by atoms with van der Waals surface area (Å²) in [5.74, 6) is 1.03. The number of hydrogen-bond donors (Lipinski definition) is 1. The Bertz CT molecular complexity index is 456. The van der Waals surface area contributed by atoms with E-state index in [1.807, 2.05) is 6.07 Å². The minimum Gasteiger partial charge on any atom is -0.494 e. The van der Waals surface area contributed by atoms with E-state index in [-0.39, 0.29) is 0 Å². The van der Waals surface area contributed by atoms with Gasteiger partial charge in [-0.1, -0.05) is 64.5 Å². The van der Waals surface area contributed by atoms with Gasteiger partial charge < -0.3 is 9.84 Å². The van der Waals surface area contributed by atoms with E-state index >= 15 is 0 Å². The molecule has 0 aliphatic heterocycles. The summed E-state index contributed by atoms with van der Waals surface area (Å²) in [5.41, 5.74) is 1.36. The van der Waals surface area contributed by atoms with Crippen molar-refractivity contribution in [3.05, 3.63) is 29.8 Å². The first-order chi connectivity index (χ1) is 11.6. The van der Waals surface area contributed by atoms with Crippen LogP contribution in [0.15, 0.2) is 24.3 Å². The van der Waals surface area contributed by atoms with E-state index in [1.54, 1.807) is 0 Å². The normalized spacial score (nSPS) is 12.1. The van der Waals surface area contributed by atoms with Gasteiger partial charge in [0.2, 0.25) is 0 Å². The molecule has 0 saturated carbocycles. The first-order valence-electron chi connectivity index (χ1n) is 9.55. The lowest BCUT2D eigenvalue weighted by atomic mass is 9.99. The van der Waals surface area contributed by atoms with Crippen molar-refractivity contribution < 1.29 is 14.6 Å². The number of hydrogen-bond acceptors (Lipinski definition) is 2. The highest BCUT2D eigenvalue weighted by atomic mass is 16.5. The molecule has 1 aromatic carbocycles. The summed E-state index contributed by atoms with van der Waals surface area (Å²) >= 11 is 0. The maximum Gasteiger partial charge on any atom is 0.303 e. The first kappa shape index (κ1) is 20.5. The van der Waals surface area contributed by atoms with Crippen LogP contribution in [0.5, 0.6) is 5.75 Å². The van der Waals surface area contributed by atoms with Crippen LogP contribution in [-0.2, 0) is 11.2 Å². The van der Waals surface area contributed by atoms with Gasteiger partial charge in [0.05, 0.1) is 6.61 Å². The molecule has 3 heteroatoms. The number of aliphatic carboxylic acids is 1. The van der Waals surface area contributed by atoms with Gasteiger partial charge in [0, 0.05) is 6.42 Å². The fourth-order valence-corrected chi connectivity index (χ4v) is 2.76. The number of rotatable bonds is 14. The summed E-state index contributed by atoms with van der Waals surface area (Å²) in [6, 6.07) is 8.49. The summed E-state index contributed by atoms with van der Waals surface area (Å²) in [6.07, 6.45) is 10.3. The average molecular weight is 334 g/mol. The van der Waals surface area contributed by atoms with Gasteiger partial charge in [0.15, 0.2) is 0 Å². The smallest absolute Gasteiger partial charge is 0.303 e. The average Bonchev–Trinajstić information content (AvgIpc) is 2.56. The molecule has 1 aromatic rings. The molecule has 0 aromatic heterocycles. The number of carboxylic acids is 1. The number of benzene rings is 1. The predicted molar refractivity (Wildman–Crippen MR) is 99.7 cm³/mol. The van der Waals surface area contributed by atoms with Crippen molar-refractivity contribution in [3.63, 3.8) is 0 Å². The quantitative estimate of drug-likeness (QED) is 0.433. The Kier molecular flexibility index (Phi) is 11.0. The highest BCUT2D eigenvalue weighted by molar-refractivity contribution is 5.66. The molecule has 0 spiro atoms. The molecule has 0 radical (unpaired) electrons. The maximum absolute atomic E-state index is 10.4. The number of carbonyl (C=O) groups is 1. The van der Waals surface area contributed by atoms with Crippen LogP contribution < -0.4 is 4.74 Å². The molecule has 0 aliphatic carbocycles. The minimum atomic E-state index is -0.680. The first-order valence-corrected chi connectivity index (χ1v) is 9.55. The van der Waals surface area contributed by atoms with Gasteiger partial charge in [-0.25, -0.2) is 0 Å². The van der Waals surface area contributed by atoms with Crippen LogP contribution in [0.2, 0.25) is 0 Å². The Morgan fingerprint density at radius 3 is 2.42 bits per heavy atom. The van der Waals surface area contributed by atoms with Crippen molar-refractivity contribution in [1.29, 1.82) is 0 Å². The standard InChI is InChI=1S/C21H34O3/c1-3-18(2)16-19-12-11-13-20(17-19)24-15-10-8-6-4-5-7-9-14-21(22)23/h11-13,17-18H,3-10,14-16H2,1-2H3,(H,22,23)/t18-/m0/s1. The predicted octanol–water partition coefficient (Wildman–Crippen LogP) is 5.86. The van der Waals surface area contributed by atoms with E-state index in [2.05, 4.69) is 32.0 Å². The molecule has 0 bridgehead atoms. The molecule has 0 amide bonds. The zero-order chi connectivity index (χ0) is 17.6. The highest BCUT2D eigenvalue weighted by Crippen LogP contribution is 2.18. The zero-order valence-electron chi connectivity index (χ0n) is 15.4. The van der Waals surface area contributed by atoms with Crippen LogP contribution in [-0.4, -0.2) is 17.7 Å². The molecule has 0 fully saturated rings. The lowest BCUT2D eigenvalue weighted by Gasteiger charge is -2.11. The van der Waals surface area contributed by atoms with Crippen molar-refractivity contribution in [2.75, 3.05) is 6.61 Å². The molecule has 24 heavy (non-hydrogen) atoms. The third-order valence-corrected chi connectivity index (χ3v) is 4.48. The molecule has 136 valence electrons. The van der Waals surface area contributed by atoms with E-state index in [1.165, 1.54) is 31.2 Å². The Morgan fingerprint density at radius 1 is 1.08 bits per heavy atom. The van der Waals surface area contributed by atoms with Crippen molar-refractivity contribution in [2.45, 2.75) is 78.1 Å². The summed E-state index contributed by atoms with van der Waals surface area (Å²) in [6.45, 7) is 5.30. The molecule has 0 unspecified atom stereocenters. The van der Waals surface area contributed by atoms with Crippen LogP contribution in [0, 0.1) is 5.92 Å².